The number of rotatable bonds is 4. The number of aliphatic hydroxyl groups excluding tert-OH is 1. The van der Waals surface area contributed by atoms with Crippen LogP contribution in [-0.4, -0.2) is 81.1 Å². The lowest BCUT2D eigenvalue weighted by Crippen LogP contribution is -2.61. The Morgan fingerprint density at radius 1 is 1.00 bits per heavy atom. The molecule has 37 heavy (non-hydrogen) atoms. The van der Waals surface area contributed by atoms with Crippen LogP contribution in [0, 0.1) is 11.8 Å². The average Bonchev–Trinajstić information content (AvgIpc) is 3.11. The molecule has 3 amide bonds. The molecule has 0 bridgehead atoms. The molecule has 6 atom stereocenters. The van der Waals surface area contributed by atoms with Crippen molar-refractivity contribution in [1.29, 1.82) is 0 Å². The number of carbonyl (C=O) groups is 3. The van der Waals surface area contributed by atoms with Crippen LogP contribution in [0.1, 0.15) is 41.0 Å². The van der Waals surface area contributed by atoms with Crippen molar-refractivity contribution in [2.45, 2.75) is 69.9 Å². The van der Waals surface area contributed by atoms with Crippen LogP contribution in [0.5, 0.6) is 0 Å². The fourth-order valence-corrected chi connectivity index (χ4v) is 6.71. The lowest BCUT2D eigenvalue weighted by Gasteiger charge is -2.42. The summed E-state index contributed by atoms with van der Waals surface area (Å²) in [6.07, 6.45) is 8.01. The number of hydrogen-bond donors (Lipinski definition) is 1. The molecular formula is C29H37N3O5. The summed E-state index contributed by atoms with van der Waals surface area (Å²) in [4.78, 5) is 47.8. The molecular weight excluding hydrogens is 470 g/mol. The third kappa shape index (κ3) is 3.67. The van der Waals surface area contributed by atoms with Gasteiger partial charge in [-0.1, -0.05) is 49.4 Å². The van der Waals surface area contributed by atoms with Crippen molar-refractivity contribution in [1.82, 2.24) is 9.80 Å². The molecule has 4 aliphatic rings. The van der Waals surface area contributed by atoms with Crippen LogP contribution >= 0.6 is 0 Å². The molecule has 0 aliphatic carbocycles. The number of fused-ring (bicyclic) bond motifs is 2. The van der Waals surface area contributed by atoms with Gasteiger partial charge in [0.15, 0.2) is 0 Å². The van der Waals surface area contributed by atoms with Crippen molar-refractivity contribution >= 4 is 23.4 Å². The van der Waals surface area contributed by atoms with Gasteiger partial charge in [-0.3, -0.25) is 14.4 Å². The lowest BCUT2D eigenvalue weighted by atomic mass is 9.74. The van der Waals surface area contributed by atoms with Crippen molar-refractivity contribution in [2.24, 2.45) is 11.8 Å². The smallest absolute Gasteiger partial charge is 0.249 e. The number of amides is 3. The number of aliphatic hydroxyl groups is 1. The Morgan fingerprint density at radius 3 is 2.30 bits per heavy atom. The van der Waals surface area contributed by atoms with Crippen molar-refractivity contribution in [3.05, 3.63) is 54.6 Å². The molecule has 0 radical (unpaired) electrons. The molecule has 1 unspecified atom stereocenters. The minimum Gasteiger partial charge on any atom is -0.394 e. The molecule has 0 aromatic heterocycles. The molecule has 0 saturated carbocycles. The van der Waals surface area contributed by atoms with Crippen LogP contribution in [0.3, 0.4) is 0 Å². The third-order valence-electron chi connectivity index (χ3n) is 8.45. The molecule has 4 heterocycles. The van der Waals surface area contributed by atoms with Gasteiger partial charge < -0.3 is 24.5 Å². The number of nitrogens with zero attached hydrogens (tertiary/aromatic N) is 3. The standard InChI is InChI=1S/C29H37N3O5/c1-6-19(18-33)32-23-26(36)31(27(2,3)4)17-11-15-29(23)22(25(32)35)21-24(34)30(20-12-8-7-9-13-20)16-10-14-28(21,5)37-29/h7-15,19,21-23,33H,6,16-18H2,1-5H3/t19-,21+,22-,23?,28-,29-/m0/s1. The average molecular weight is 508 g/mol. The van der Waals surface area contributed by atoms with Gasteiger partial charge in [-0.15, -0.1) is 0 Å². The first-order valence-corrected chi connectivity index (χ1v) is 13.2. The van der Waals surface area contributed by atoms with E-state index >= 15 is 0 Å². The molecule has 1 spiro atoms. The van der Waals surface area contributed by atoms with Gasteiger partial charge in [0.25, 0.3) is 0 Å². The monoisotopic (exact) mass is 507 g/mol. The molecule has 2 fully saturated rings. The highest BCUT2D eigenvalue weighted by atomic mass is 16.5. The van der Waals surface area contributed by atoms with E-state index in [1.54, 1.807) is 9.80 Å². The SMILES string of the molecule is CC[C@@H](CO)N1C(=O)[C@@H]2[C@@H]3C(=O)N(c4ccccc4)CC=C[C@]3(C)O[C@@]23C=CCN(C(C)(C)C)C(=O)C13. The summed E-state index contributed by atoms with van der Waals surface area (Å²) in [6.45, 7) is 10.1. The summed E-state index contributed by atoms with van der Waals surface area (Å²) in [7, 11) is 0. The quantitative estimate of drug-likeness (QED) is 0.633. The van der Waals surface area contributed by atoms with Crippen LogP contribution in [0.15, 0.2) is 54.6 Å². The van der Waals surface area contributed by atoms with Crippen molar-refractivity contribution in [3.8, 4) is 0 Å². The van der Waals surface area contributed by atoms with Crippen LogP contribution in [-0.2, 0) is 19.1 Å². The minimum atomic E-state index is -1.32. The predicted octanol–water partition coefficient (Wildman–Crippen LogP) is 2.53. The molecule has 198 valence electrons. The fraction of sp³-hybridized carbons (Fsp3) is 0.552. The van der Waals surface area contributed by atoms with E-state index in [4.69, 9.17) is 4.74 Å². The second-order valence-corrected chi connectivity index (χ2v) is 11.7. The highest BCUT2D eigenvalue weighted by Gasteiger charge is 2.75. The second kappa shape index (κ2) is 8.81. The van der Waals surface area contributed by atoms with Gasteiger partial charge in [-0.2, -0.15) is 0 Å². The van der Waals surface area contributed by atoms with E-state index in [1.807, 2.05) is 89.3 Å². The first-order valence-electron chi connectivity index (χ1n) is 13.2. The Bertz CT molecular complexity index is 1150. The van der Waals surface area contributed by atoms with Crippen LogP contribution in [0.2, 0.25) is 0 Å². The highest BCUT2D eigenvalue weighted by molar-refractivity contribution is 6.04. The van der Waals surface area contributed by atoms with E-state index in [0.29, 0.717) is 19.5 Å². The van der Waals surface area contributed by atoms with E-state index < -0.39 is 40.7 Å². The maximum absolute atomic E-state index is 14.4. The zero-order valence-corrected chi connectivity index (χ0v) is 22.3. The maximum Gasteiger partial charge on any atom is 0.249 e. The molecule has 8 heteroatoms. The van der Waals surface area contributed by atoms with E-state index in [9.17, 15) is 19.5 Å². The van der Waals surface area contributed by atoms with Gasteiger partial charge in [0.05, 0.1) is 30.1 Å². The molecule has 2 saturated heterocycles. The van der Waals surface area contributed by atoms with Gasteiger partial charge >= 0.3 is 0 Å². The Hall–Kier alpha value is -2.97. The summed E-state index contributed by atoms with van der Waals surface area (Å²) < 4.78 is 6.84. The molecule has 4 aliphatic heterocycles. The summed E-state index contributed by atoms with van der Waals surface area (Å²) in [6, 6.07) is 7.86. The highest BCUT2D eigenvalue weighted by Crippen LogP contribution is 2.58. The summed E-state index contributed by atoms with van der Waals surface area (Å²) in [5.74, 6) is -2.47. The molecule has 1 N–H and O–H groups in total. The zero-order valence-electron chi connectivity index (χ0n) is 22.3. The van der Waals surface area contributed by atoms with E-state index in [1.165, 1.54) is 4.90 Å². The van der Waals surface area contributed by atoms with Crippen molar-refractivity contribution in [2.75, 3.05) is 24.6 Å². The second-order valence-electron chi connectivity index (χ2n) is 11.7. The number of likely N-dealkylation sites (tertiary alicyclic amines) is 1. The van der Waals surface area contributed by atoms with Gasteiger partial charge in [0, 0.05) is 24.3 Å². The number of benzene rings is 1. The van der Waals surface area contributed by atoms with Crippen molar-refractivity contribution in [3.63, 3.8) is 0 Å². The number of anilines is 1. The third-order valence-corrected chi connectivity index (χ3v) is 8.45. The summed E-state index contributed by atoms with van der Waals surface area (Å²) in [5.41, 5.74) is -2.15. The van der Waals surface area contributed by atoms with E-state index in [0.717, 1.165) is 5.69 Å². The molecule has 8 nitrogen and oxygen atoms in total. The van der Waals surface area contributed by atoms with Gasteiger partial charge in [0.1, 0.15) is 11.6 Å². The van der Waals surface area contributed by atoms with Gasteiger partial charge in [-0.05, 0) is 46.2 Å². The van der Waals surface area contributed by atoms with Crippen LogP contribution in [0.4, 0.5) is 5.69 Å². The number of para-hydroxylation sites is 1. The summed E-state index contributed by atoms with van der Waals surface area (Å²) >= 11 is 0. The molecule has 1 aromatic rings. The Balaban J connectivity index is 1.68. The Kier molecular flexibility index (Phi) is 6.11. The minimum absolute atomic E-state index is 0.204. The predicted molar refractivity (Wildman–Crippen MR) is 140 cm³/mol. The first kappa shape index (κ1) is 25.7. The zero-order chi connectivity index (χ0) is 26.8. The van der Waals surface area contributed by atoms with E-state index in [-0.39, 0.29) is 24.3 Å². The van der Waals surface area contributed by atoms with Crippen LogP contribution in [0.25, 0.3) is 0 Å². The summed E-state index contributed by atoms with van der Waals surface area (Å²) in [5, 5.41) is 10.2. The van der Waals surface area contributed by atoms with Gasteiger partial charge in [0.2, 0.25) is 17.7 Å². The molecule has 5 rings (SSSR count). The van der Waals surface area contributed by atoms with Crippen molar-refractivity contribution < 1.29 is 24.2 Å². The lowest BCUT2D eigenvalue weighted by molar-refractivity contribution is -0.157. The van der Waals surface area contributed by atoms with Gasteiger partial charge in [-0.25, -0.2) is 0 Å². The fourth-order valence-electron chi connectivity index (χ4n) is 6.71. The normalized spacial score (nSPS) is 34.3. The topological polar surface area (TPSA) is 90.4 Å². The number of hydrogen-bond acceptors (Lipinski definition) is 5. The van der Waals surface area contributed by atoms with E-state index in [2.05, 4.69) is 0 Å². The Morgan fingerprint density at radius 2 is 1.68 bits per heavy atom. The van der Waals surface area contributed by atoms with Crippen LogP contribution < -0.4 is 4.90 Å². The number of ether oxygens (including phenoxy) is 1. The largest absolute Gasteiger partial charge is 0.394 e. The Labute approximate surface area is 218 Å². The first-order chi connectivity index (χ1) is 17.5. The molecule has 1 aromatic carbocycles. The number of carbonyl (C=O) groups excluding carboxylic acids is 3. The maximum atomic E-state index is 14.4.